The summed E-state index contributed by atoms with van der Waals surface area (Å²) in [6.07, 6.45) is -0.328. The van der Waals surface area contributed by atoms with E-state index in [-0.39, 0.29) is 82.7 Å². The molecule has 28 nitrogen and oxygen atoms in total. The van der Waals surface area contributed by atoms with Crippen molar-refractivity contribution in [2.75, 3.05) is 92.5 Å². The van der Waals surface area contributed by atoms with E-state index in [0.29, 0.717) is 32.1 Å². The van der Waals surface area contributed by atoms with Gasteiger partial charge in [0, 0.05) is 12.8 Å². The van der Waals surface area contributed by atoms with E-state index in [2.05, 4.69) is 52.1 Å². The van der Waals surface area contributed by atoms with Crippen molar-refractivity contribution in [3.63, 3.8) is 0 Å². The molecule has 2 aliphatic rings. The average Bonchev–Trinajstić information content (AvgIpc) is 0.668. The van der Waals surface area contributed by atoms with Gasteiger partial charge in [-0.15, -0.1) is 0 Å². The van der Waals surface area contributed by atoms with Crippen LogP contribution in [0.15, 0.2) is 0 Å². The SMILES string of the molecule is CCC(C)(C)C(=O)OCCC(=O)OCC1(F)C(F)(F)C(F)(F)C(F)(F)C(F)(F)C1(F)F.CCC(C)(C)C(=O)OCCC(=O)OCCC(C)(F)F.CCC(C)C(=O)OCCC(=O)OCC1(F)C(F)(F)C(F)(F)C(F)(F)C(F)(F)C1(F)F.CCC(C)C(=O)OCCC(=O)OCCC(C)(F)F.CCOC(=O)COC(=O)COC(=O)C(C)(C)CC.CCOC(=O)COC(=O)COC(=O)C(C)CC. The first kappa shape index (κ1) is 130. The summed E-state index contributed by atoms with van der Waals surface area (Å²) in [7, 11) is 0. The van der Waals surface area contributed by atoms with Crippen molar-refractivity contribution in [3.8, 4) is 0 Å². The summed E-state index contributed by atoms with van der Waals surface area (Å²) in [5.74, 6) is -90.1. The number of esters is 14. The topological polar surface area (TPSA) is 368 Å². The van der Waals surface area contributed by atoms with Crippen LogP contribution in [0, 0.1) is 34.0 Å². The van der Waals surface area contributed by atoms with Crippen LogP contribution in [0.25, 0.3) is 0 Å². The molecule has 3 atom stereocenters. The highest BCUT2D eigenvalue weighted by Crippen LogP contribution is 2.71. The van der Waals surface area contributed by atoms with Gasteiger partial charge in [-0.25, -0.2) is 45.5 Å². The fraction of sp³-hybridized carbons (Fsp3) is 0.823. The largest absolute Gasteiger partial charge is 0.465 e. The molecule has 54 heteroatoms. The second-order valence-electron chi connectivity index (χ2n) is 31.1. The van der Waals surface area contributed by atoms with Gasteiger partial charge in [-0.3, -0.25) is 47.9 Å². The van der Waals surface area contributed by atoms with Crippen molar-refractivity contribution in [2.24, 2.45) is 34.0 Å². The highest BCUT2D eigenvalue weighted by atomic mass is 19.4. The van der Waals surface area contributed by atoms with Gasteiger partial charge in [0.05, 0.1) is 86.1 Å². The maximum Gasteiger partial charge on any atom is 0.384 e. The molecule has 0 aromatic rings. The number of carbonyl (C=O) groups excluding carboxylic acids is 14. The van der Waals surface area contributed by atoms with Crippen molar-refractivity contribution < 1.29 is 248 Å². The molecule has 0 aromatic heterocycles. The lowest BCUT2D eigenvalue weighted by Gasteiger charge is -2.52. The highest BCUT2D eigenvalue weighted by molar-refractivity contribution is 5.82. The van der Waals surface area contributed by atoms with Crippen molar-refractivity contribution >= 4 is 83.6 Å². The van der Waals surface area contributed by atoms with Crippen molar-refractivity contribution in [3.05, 3.63) is 0 Å². The summed E-state index contributed by atoms with van der Waals surface area (Å²) in [4.78, 5) is 157. The predicted octanol–water partition coefficient (Wildman–Crippen LogP) is 16.5. The van der Waals surface area contributed by atoms with Gasteiger partial charge in [-0.1, -0.05) is 62.3 Å². The average molecular weight is 2000 g/mol. The molecule has 0 amide bonds. The molecule has 778 valence electrons. The zero-order valence-electron chi connectivity index (χ0n) is 75.9. The minimum atomic E-state index is -7.34. The van der Waals surface area contributed by atoms with Gasteiger partial charge in [0.2, 0.25) is 11.8 Å². The number of rotatable bonds is 44. The summed E-state index contributed by atoms with van der Waals surface area (Å²) in [5.41, 5.74) is -15.0. The number of hydrogen-bond donors (Lipinski definition) is 0. The zero-order chi connectivity index (χ0) is 106. The van der Waals surface area contributed by atoms with E-state index in [1.165, 1.54) is 20.8 Å². The summed E-state index contributed by atoms with van der Waals surface area (Å²) >= 11 is 0. The molecule has 3 unspecified atom stereocenters. The lowest BCUT2D eigenvalue weighted by Crippen LogP contribution is -2.84. The van der Waals surface area contributed by atoms with Crippen LogP contribution in [0.4, 0.5) is 114 Å². The van der Waals surface area contributed by atoms with E-state index in [0.717, 1.165) is 13.8 Å². The van der Waals surface area contributed by atoms with Gasteiger partial charge in [0.1, 0.15) is 39.6 Å². The van der Waals surface area contributed by atoms with E-state index >= 15 is 0 Å². The summed E-state index contributed by atoms with van der Waals surface area (Å²) < 4.78 is 409. The second-order valence-corrected chi connectivity index (χ2v) is 31.1. The molecule has 2 saturated carbocycles. The van der Waals surface area contributed by atoms with Crippen molar-refractivity contribution in [1.82, 2.24) is 0 Å². The molecule has 0 bridgehead atoms. The predicted molar refractivity (Wildman–Crippen MR) is 401 cm³/mol. The van der Waals surface area contributed by atoms with Crippen LogP contribution >= 0.6 is 0 Å². The van der Waals surface area contributed by atoms with E-state index in [1.54, 1.807) is 69.2 Å². The Hall–Kier alpha value is -9.24. The van der Waals surface area contributed by atoms with Crippen LogP contribution in [0.1, 0.15) is 209 Å². The Balaban J connectivity index is -0.000000765. The van der Waals surface area contributed by atoms with Crippen LogP contribution in [-0.4, -0.2) is 258 Å². The van der Waals surface area contributed by atoms with Crippen LogP contribution in [0.5, 0.6) is 0 Å². The van der Waals surface area contributed by atoms with Gasteiger partial charge in [-0.2, -0.15) is 87.8 Å². The molecule has 0 spiro atoms. The summed E-state index contributed by atoms with van der Waals surface area (Å²) in [5, 5.41) is 0. The Morgan fingerprint density at radius 3 is 0.677 bits per heavy atom. The molecule has 0 saturated heterocycles. The Morgan fingerprint density at radius 1 is 0.241 bits per heavy atom. The Kier molecular flexibility index (Phi) is 52.7. The third-order valence-electron chi connectivity index (χ3n) is 19.1. The molecule has 2 rings (SSSR count). The smallest absolute Gasteiger partial charge is 0.384 e. The van der Waals surface area contributed by atoms with Gasteiger partial charge < -0.3 is 66.3 Å². The number of hydrogen-bond acceptors (Lipinski definition) is 28. The first-order valence-electron chi connectivity index (χ1n) is 40.2. The minimum absolute atomic E-state index is 0.0788. The van der Waals surface area contributed by atoms with E-state index in [4.69, 9.17) is 14.2 Å². The lowest BCUT2D eigenvalue weighted by atomic mass is 9.72. The molecule has 0 heterocycles. The maximum atomic E-state index is 14.3. The monoisotopic (exact) mass is 2000 g/mol. The fourth-order valence-electron chi connectivity index (χ4n) is 8.16. The zero-order valence-corrected chi connectivity index (χ0v) is 75.9. The standard InChI is InChI=1S/C16H17F11O4.C15H15F11O4.C13H22F2O4.C12H20F2O4.C12H20O6.C11H18O6/c1-4-10(2,3)9(29)30-6-5-8(28)31-7-11(17)12(18,19)14(22,23)16(26,27)15(24,25)13(11,20)21;1-3-7(2)9(28)29-5-4-8(27)30-6-10(16)11(17,18)13(21,22)15(25,26)14(23,24)12(10,19)20;1-5-12(2,3)11(17)19-8-6-10(16)18-9-7-13(4,14)15;1-4-9(2)11(16)18-7-5-10(15)17-8-6-12(3,13)14;1-5-12(3,4)11(15)18-8-10(14)17-7-9(13)16-6-2;1-4-8(3)11(14)17-7-10(13)16-6-9(12)15-5-2/h4-7H2,1-3H3;7H,3-6H2,1-2H3;5-9H2,1-4H3;9H,4-8H2,1-3H3;5-8H2,1-4H3;8H,4-7H2,1-3H3. The molecule has 0 aromatic carbocycles. The van der Waals surface area contributed by atoms with Gasteiger partial charge in [0.25, 0.3) is 11.3 Å². The Labute approximate surface area is 746 Å². The molecule has 0 radical (unpaired) electrons. The lowest BCUT2D eigenvalue weighted by molar-refractivity contribution is -0.487. The van der Waals surface area contributed by atoms with Crippen molar-refractivity contribution in [2.45, 2.75) is 291 Å². The van der Waals surface area contributed by atoms with Crippen LogP contribution in [0.2, 0.25) is 0 Å². The molecule has 0 N–H and O–H groups in total. The summed E-state index contributed by atoms with van der Waals surface area (Å²) in [6.45, 7) is 19.8. The normalized spacial score (nSPS) is 18.0. The van der Waals surface area contributed by atoms with Crippen LogP contribution in [0.3, 0.4) is 0 Å². The summed E-state index contributed by atoms with van der Waals surface area (Å²) in [6, 6.07) is 0. The Morgan fingerprint density at radius 2 is 0.444 bits per heavy atom. The minimum Gasteiger partial charge on any atom is -0.465 e. The third-order valence-corrected chi connectivity index (χ3v) is 19.1. The first-order valence-corrected chi connectivity index (χ1v) is 40.2. The van der Waals surface area contributed by atoms with Gasteiger partial charge >= 0.3 is 143 Å². The molecular weight excluding hydrogens is 1890 g/mol. The maximum absolute atomic E-state index is 14.3. The fourth-order valence-corrected chi connectivity index (χ4v) is 8.16. The molecule has 0 aliphatic heterocycles. The number of halogens is 26. The van der Waals surface area contributed by atoms with Crippen molar-refractivity contribution in [1.29, 1.82) is 0 Å². The number of ether oxygens (including phenoxy) is 14. The highest BCUT2D eigenvalue weighted by Gasteiger charge is 3.03. The van der Waals surface area contributed by atoms with E-state index in [1.807, 2.05) is 27.7 Å². The second kappa shape index (κ2) is 53.9. The first-order chi connectivity index (χ1) is 60.0. The van der Waals surface area contributed by atoms with E-state index in [9.17, 15) is 181 Å². The van der Waals surface area contributed by atoms with Crippen LogP contribution in [-0.2, 0) is 133 Å². The molecule has 2 aliphatic carbocycles. The van der Waals surface area contributed by atoms with Gasteiger partial charge in [0.15, 0.2) is 26.4 Å². The molecule has 2 fully saturated rings. The number of carbonyl (C=O) groups is 14. The van der Waals surface area contributed by atoms with Gasteiger partial charge in [-0.05, 0) is 108 Å². The quantitative estimate of drug-likeness (QED) is 0.0310. The number of alkyl halides is 26. The Bertz CT molecular complexity index is 3690. The third kappa shape index (κ3) is 37.1. The molecule has 133 heavy (non-hydrogen) atoms. The molecular formula is C79H112F26O28. The van der Waals surface area contributed by atoms with E-state index < -0.39 is 255 Å². The van der Waals surface area contributed by atoms with Crippen LogP contribution < -0.4 is 0 Å².